The predicted molar refractivity (Wildman–Crippen MR) is 77.0 cm³/mol. The second-order valence-corrected chi connectivity index (χ2v) is 5.28. The summed E-state index contributed by atoms with van der Waals surface area (Å²) in [6.07, 6.45) is 1.14. The fraction of sp³-hybridized carbons (Fsp3) is 0.467. The number of benzene rings is 1. The summed E-state index contributed by atoms with van der Waals surface area (Å²) in [4.78, 5) is 0. The van der Waals surface area contributed by atoms with Crippen molar-refractivity contribution in [3.8, 4) is 11.3 Å². The summed E-state index contributed by atoms with van der Waals surface area (Å²) < 4.78 is 5.43. The number of nitrogens with one attached hydrogen (secondary N) is 2. The zero-order chi connectivity index (χ0) is 13.8. The van der Waals surface area contributed by atoms with Gasteiger partial charge in [0, 0.05) is 24.8 Å². The van der Waals surface area contributed by atoms with Crippen molar-refractivity contribution in [2.75, 3.05) is 13.2 Å². The fourth-order valence-electron chi connectivity index (χ4n) is 2.57. The van der Waals surface area contributed by atoms with Crippen LogP contribution in [0.2, 0.25) is 0 Å². The Balaban J connectivity index is 1.65. The van der Waals surface area contributed by atoms with Gasteiger partial charge in [0.05, 0.1) is 6.61 Å². The highest BCUT2D eigenvalue weighted by Gasteiger charge is 2.22. The molecule has 0 aliphatic carbocycles. The Kier molecular flexibility index (Phi) is 4.08. The maximum Gasteiger partial charge on any atom is 0.117 e. The molecule has 1 fully saturated rings. The number of aromatic amines is 1. The molecule has 3 rings (SSSR count). The Labute approximate surface area is 118 Å². The Morgan fingerprint density at radius 1 is 1.35 bits per heavy atom. The Morgan fingerprint density at radius 2 is 2.20 bits per heavy atom. The second kappa shape index (κ2) is 6.15. The number of hydrogen-bond donors (Lipinski definition) is 2. The van der Waals surface area contributed by atoms with Crippen LogP contribution in [0.3, 0.4) is 0 Å². The first-order valence-corrected chi connectivity index (χ1v) is 7.11. The molecule has 0 bridgehead atoms. The van der Waals surface area contributed by atoms with Gasteiger partial charge in [-0.05, 0) is 19.3 Å². The average molecular weight is 272 g/mol. The molecule has 2 aromatic rings. The van der Waals surface area contributed by atoms with Crippen LogP contribution in [-0.2, 0) is 11.3 Å². The molecule has 1 aromatic carbocycles. The molecule has 1 aromatic heterocycles. The van der Waals surface area contributed by atoms with Gasteiger partial charge in [0.15, 0.2) is 0 Å². The van der Waals surface area contributed by atoms with Gasteiger partial charge in [0.2, 0.25) is 0 Å². The van der Waals surface area contributed by atoms with Gasteiger partial charge in [-0.1, -0.05) is 30.3 Å². The van der Waals surface area contributed by atoms with E-state index in [-0.39, 0.29) is 0 Å². The highest BCUT2D eigenvalue weighted by atomic mass is 16.5. The van der Waals surface area contributed by atoms with Crippen LogP contribution in [0.15, 0.2) is 30.3 Å². The summed E-state index contributed by atoms with van der Waals surface area (Å²) in [5.41, 5.74) is 2.98. The third kappa shape index (κ3) is 2.89. The first-order valence-electron chi connectivity index (χ1n) is 7.11. The van der Waals surface area contributed by atoms with Gasteiger partial charge in [-0.15, -0.1) is 0 Å². The Bertz CT molecular complexity index is 534. The lowest BCUT2D eigenvalue weighted by Crippen LogP contribution is -2.33. The van der Waals surface area contributed by atoms with Crippen LogP contribution in [0.1, 0.15) is 19.0 Å². The SMILES string of the molecule is CC(NCc1n[nH]nc1-c1ccccc1)C1CCOC1. The van der Waals surface area contributed by atoms with E-state index in [1.54, 1.807) is 0 Å². The number of hydrogen-bond acceptors (Lipinski definition) is 4. The monoisotopic (exact) mass is 272 g/mol. The van der Waals surface area contributed by atoms with Crippen molar-refractivity contribution in [2.45, 2.75) is 25.9 Å². The van der Waals surface area contributed by atoms with Gasteiger partial charge >= 0.3 is 0 Å². The zero-order valence-electron chi connectivity index (χ0n) is 11.7. The van der Waals surface area contributed by atoms with Gasteiger partial charge in [0.1, 0.15) is 11.4 Å². The molecule has 5 heteroatoms. The highest BCUT2D eigenvalue weighted by Crippen LogP contribution is 2.20. The van der Waals surface area contributed by atoms with Crippen LogP contribution in [0.5, 0.6) is 0 Å². The third-order valence-electron chi connectivity index (χ3n) is 3.93. The van der Waals surface area contributed by atoms with E-state index in [0.717, 1.165) is 43.1 Å². The van der Waals surface area contributed by atoms with Crippen LogP contribution in [0, 0.1) is 5.92 Å². The maximum absolute atomic E-state index is 5.43. The molecule has 20 heavy (non-hydrogen) atoms. The summed E-state index contributed by atoms with van der Waals surface area (Å²) in [6.45, 7) is 4.68. The first kappa shape index (κ1) is 13.3. The molecule has 2 unspecified atom stereocenters. The minimum Gasteiger partial charge on any atom is -0.381 e. The van der Waals surface area contributed by atoms with Crippen LogP contribution in [0.25, 0.3) is 11.3 Å². The number of nitrogens with zero attached hydrogens (tertiary/aromatic N) is 2. The standard InChI is InChI=1S/C15H20N4O/c1-11(13-7-8-20-10-13)16-9-14-15(18-19-17-14)12-5-3-2-4-6-12/h2-6,11,13,16H,7-10H2,1H3,(H,17,18,19). The third-order valence-corrected chi connectivity index (χ3v) is 3.93. The first-order chi connectivity index (χ1) is 9.84. The summed E-state index contributed by atoms with van der Waals surface area (Å²) in [5, 5.41) is 14.8. The van der Waals surface area contributed by atoms with Crippen LogP contribution in [-0.4, -0.2) is 34.7 Å². The zero-order valence-corrected chi connectivity index (χ0v) is 11.7. The van der Waals surface area contributed by atoms with Gasteiger partial charge in [-0.2, -0.15) is 15.4 Å². The van der Waals surface area contributed by atoms with Crippen molar-refractivity contribution < 1.29 is 4.74 Å². The molecule has 0 saturated carbocycles. The average Bonchev–Trinajstić information content (AvgIpc) is 3.17. The van der Waals surface area contributed by atoms with Crippen molar-refractivity contribution in [2.24, 2.45) is 5.92 Å². The minimum absolute atomic E-state index is 0.429. The molecule has 2 atom stereocenters. The molecule has 5 nitrogen and oxygen atoms in total. The molecular weight excluding hydrogens is 252 g/mol. The fourth-order valence-corrected chi connectivity index (χ4v) is 2.57. The van der Waals surface area contributed by atoms with Crippen LogP contribution < -0.4 is 5.32 Å². The molecule has 106 valence electrons. The van der Waals surface area contributed by atoms with Gasteiger partial charge in [-0.25, -0.2) is 0 Å². The number of H-pyrrole nitrogens is 1. The van der Waals surface area contributed by atoms with E-state index in [0.29, 0.717) is 12.0 Å². The molecule has 0 radical (unpaired) electrons. The highest BCUT2D eigenvalue weighted by molar-refractivity contribution is 5.60. The lowest BCUT2D eigenvalue weighted by Gasteiger charge is -2.18. The van der Waals surface area contributed by atoms with Gasteiger partial charge in [-0.3, -0.25) is 0 Å². The van der Waals surface area contributed by atoms with Gasteiger partial charge in [0.25, 0.3) is 0 Å². The van der Waals surface area contributed by atoms with Crippen LogP contribution in [0.4, 0.5) is 0 Å². The molecule has 2 heterocycles. The smallest absolute Gasteiger partial charge is 0.117 e. The molecule has 0 amide bonds. The molecular formula is C15H20N4O. The normalized spacial score (nSPS) is 20.1. The Morgan fingerprint density at radius 3 is 2.95 bits per heavy atom. The van der Waals surface area contributed by atoms with E-state index in [1.165, 1.54) is 0 Å². The molecule has 2 N–H and O–H groups in total. The van der Waals surface area contributed by atoms with Crippen molar-refractivity contribution in [1.82, 2.24) is 20.7 Å². The van der Waals surface area contributed by atoms with Crippen molar-refractivity contribution in [3.05, 3.63) is 36.0 Å². The topological polar surface area (TPSA) is 62.8 Å². The van der Waals surface area contributed by atoms with Crippen molar-refractivity contribution >= 4 is 0 Å². The Hall–Kier alpha value is -1.72. The summed E-state index contributed by atoms with van der Waals surface area (Å²) in [6, 6.07) is 10.6. The summed E-state index contributed by atoms with van der Waals surface area (Å²) >= 11 is 0. The summed E-state index contributed by atoms with van der Waals surface area (Å²) in [7, 11) is 0. The summed E-state index contributed by atoms with van der Waals surface area (Å²) in [5.74, 6) is 0.599. The minimum atomic E-state index is 0.429. The van der Waals surface area contributed by atoms with Crippen molar-refractivity contribution in [3.63, 3.8) is 0 Å². The molecule has 1 aliphatic rings. The van der Waals surface area contributed by atoms with E-state index < -0.39 is 0 Å². The number of rotatable bonds is 5. The second-order valence-electron chi connectivity index (χ2n) is 5.28. The largest absolute Gasteiger partial charge is 0.381 e. The van der Waals surface area contributed by atoms with E-state index in [9.17, 15) is 0 Å². The van der Waals surface area contributed by atoms with E-state index >= 15 is 0 Å². The van der Waals surface area contributed by atoms with E-state index in [4.69, 9.17) is 4.74 Å². The lowest BCUT2D eigenvalue weighted by molar-refractivity contribution is 0.178. The molecule has 1 aliphatic heterocycles. The lowest BCUT2D eigenvalue weighted by atomic mass is 10.0. The van der Waals surface area contributed by atoms with Crippen molar-refractivity contribution in [1.29, 1.82) is 0 Å². The van der Waals surface area contributed by atoms with E-state index in [1.807, 2.05) is 18.2 Å². The predicted octanol–water partition coefficient (Wildman–Crippen LogP) is 1.99. The quantitative estimate of drug-likeness (QED) is 0.873. The molecule has 1 saturated heterocycles. The van der Waals surface area contributed by atoms with Crippen LogP contribution >= 0.6 is 0 Å². The van der Waals surface area contributed by atoms with Gasteiger partial charge < -0.3 is 10.1 Å². The molecule has 0 spiro atoms. The maximum atomic E-state index is 5.43. The number of ether oxygens (including phenoxy) is 1. The number of aromatic nitrogens is 3. The van der Waals surface area contributed by atoms with E-state index in [2.05, 4.69) is 39.8 Å².